The second-order valence-corrected chi connectivity index (χ2v) is 4.96. The molecule has 0 fully saturated rings. The van der Waals surface area contributed by atoms with E-state index in [1.54, 1.807) is 19.1 Å². The van der Waals surface area contributed by atoms with Crippen molar-refractivity contribution in [2.45, 2.75) is 33.7 Å². The standard InChI is InChI=1S/C15H20ClNO2/c1-5-19-15(18)14(11(4)10(2)3)17-13-8-6-12(16)7-9-13/h6-9,14,17H,5H2,1-4H3. The normalized spacial score (nSPS) is 11.6. The zero-order chi connectivity index (χ0) is 14.4. The molecule has 0 aromatic heterocycles. The van der Waals surface area contributed by atoms with Gasteiger partial charge in [0.15, 0.2) is 0 Å². The van der Waals surface area contributed by atoms with E-state index in [0.717, 1.165) is 16.8 Å². The quantitative estimate of drug-likeness (QED) is 0.654. The van der Waals surface area contributed by atoms with Crippen LogP contribution in [0.25, 0.3) is 0 Å². The molecule has 4 heteroatoms. The molecule has 0 bridgehead atoms. The van der Waals surface area contributed by atoms with Crippen LogP contribution in [-0.2, 0) is 9.53 Å². The first-order valence-corrected chi connectivity index (χ1v) is 6.66. The van der Waals surface area contributed by atoms with Gasteiger partial charge in [0.25, 0.3) is 0 Å². The number of allylic oxidation sites excluding steroid dienone is 1. The van der Waals surface area contributed by atoms with E-state index < -0.39 is 6.04 Å². The van der Waals surface area contributed by atoms with Crippen LogP contribution in [0.4, 0.5) is 5.69 Å². The van der Waals surface area contributed by atoms with E-state index in [9.17, 15) is 4.79 Å². The first kappa shape index (κ1) is 15.6. The first-order valence-electron chi connectivity index (χ1n) is 6.28. The van der Waals surface area contributed by atoms with Crippen molar-refractivity contribution < 1.29 is 9.53 Å². The minimum absolute atomic E-state index is 0.267. The van der Waals surface area contributed by atoms with Gasteiger partial charge < -0.3 is 10.1 Å². The van der Waals surface area contributed by atoms with Crippen molar-refractivity contribution in [2.24, 2.45) is 0 Å². The molecule has 0 radical (unpaired) electrons. The van der Waals surface area contributed by atoms with E-state index in [1.807, 2.05) is 32.9 Å². The van der Waals surface area contributed by atoms with Crippen molar-refractivity contribution in [1.29, 1.82) is 0 Å². The lowest BCUT2D eigenvalue weighted by atomic mass is 10.0. The highest BCUT2D eigenvalue weighted by Gasteiger charge is 2.22. The average Bonchev–Trinajstić information content (AvgIpc) is 2.37. The Hall–Kier alpha value is -1.48. The highest BCUT2D eigenvalue weighted by molar-refractivity contribution is 6.30. The lowest BCUT2D eigenvalue weighted by Crippen LogP contribution is -2.33. The van der Waals surface area contributed by atoms with Gasteiger partial charge in [-0.15, -0.1) is 0 Å². The summed E-state index contributed by atoms with van der Waals surface area (Å²) in [6.45, 7) is 8.05. The zero-order valence-electron chi connectivity index (χ0n) is 11.8. The second kappa shape index (κ2) is 7.19. The van der Waals surface area contributed by atoms with Gasteiger partial charge in [-0.05, 0) is 57.5 Å². The SMILES string of the molecule is CCOC(=O)C(Nc1ccc(Cl)cc1)C(C)=C(C)C. The number of halogens is 1. The molecule has 104 valence electrons. The first-order chi connectivity index (χ1) is 8.95. The van der Waals surface area contributed by atoms with Crippen molar-refractivity contribution in [1.82, 2.24) is 0 Å². The molecule has 0 aliphatic heterocycles. The topological polar surface area (TPSA) is 38.3 Å². The van der Waals surface area contributed by atoms with Gasteiger partial charge in [-0.3, -0.25) is 0 Å². The average molecular weight is 282 g/mol. The lowest BCUT2D eigenvalue weighted by Gasteiger charge is -2.20. The Labute approximate surface area is 119 Å². The third-order valence-electron chi connectivity index (χ3n) is 2.90. The summed E-state index contributed by atoms with van der Waals surface area (Å²) in [5.74, 6) is -0.267. The summed E-state index contributed by atoms with van der Waals surface area (Å²) in [6.07, 6.45) is 0. The van der Waals surface area contributed by atoms with Gasteiger partial charge in [-0.1, -0.05) is 17.2 Å². The maximum Gasteiger partial charge on any atom is 0.332 e. The number of anilines is 1. The van der Waals surface area contributed by atoms with Gasteiger partial charge in [0.05, 0.1) is 6.61 Å². The molecule has 1 aromatic rings. The molecule has 0 saturated heterocycles. The fraction of sp³-hybridized carbons (Fsp3) is 0.400. The van der Waals surface area contributed by atoms with E-state index in [-0.39, 0.29) is 5.97 Å². The van der Waals surface area contributed by atoms with E-state index in [2.05, 4.69) is 5.32 Å². The molecule has 1 rings (SSSR count). The third kappa shape index (κ3) is 4.60. The molecule has 19 heavy (non-hydrogen) atoms. The van der Waals surface area contributed by atoms with Crippen molar-refractivity contribution in [3.63, 3.8) is 0 Å². The molecule has 0 aliphatic carbocycles. The predicted molar refractivity (Wildman–Crippen MR) is 79.5 cm³/mol. The van der Waals surface area contributed by atoms with Crippen molar-refractivity contribution in [2.75, 3.05) is 11.9 Å². The zero-order valence-corrected chi connectivity index (χ0v) is 12.5. The molecular formula is C15H20ClNO2. The summed E-state index contributed by atoms with van der Waals surface area (Å²) in [4.78, 5) is 12.0. The fourth-order valence-electron chi connectivity index (χ4n) is 1.57. The summed E-state index contributed by atoms with van der Waals surface area (Å²) in [6, 6.07) is 6.78. The second-order valence-electron chi connectivity index (χ2n) is 4.52. The summed E-state index contributed by atoms with van der Waals surface area (Å²) >= 11 is 5.84. The number of nitrogens with one attached hydrogen (secondary N) is 1. The van der Waals surface area contributed by atoms with E-state index in [4.69, 9.17) is 16.3 Å². The molecule has 1 N–H and O–H groups in total. The highest BCUT2D eigenvalue weighted by atomic mass is 35.5. The molecule has 0 spiro atoms. The molecule has 1 unspecified atom stereocenters. The summed E-state index contributed by atoms with van der Waals surface area (Å²) in [5, 5.41) is 3.84. The molecule has 0 amide bonds. The Morgan fingerprint density at radius 2 is 1.84 bits per heavy atom. The summed E-state index contributed by atoms with van der Waals surface area (Å²) in [7, 11) is 0. The van der Waals surface area contributed by atoms with Crippen LogP contribution in [0.3, 0.4) is 0 Å². The minimum Gasteiger partial charge on any atom is -0.464 e. The Kier molecular flexibility index (Phi) is 5.90. The molecule has 0 aliphatic rings. The number of carbonyl (C=O) groups excluding carboxylic acids is 1. The molecule has 3 nitrogen and oxygen atoms in total. The maximum absolute atomic E-state index is 12.0. The van der Waals surface area contributed by atoms with Gasteiger partial charge in [-0.2, -0.15) is 0 Å². The number of hydrogen-bond acceptors (Lipinski definition) is 3. The van der Waals surface area contributed by atoms with Gasteiger partial charge in [0.2, 0.25) is 0 Å². The van der Waals surface area contributed by atoms with Crippen molar-refractivity contribution >= 4 is 23.3 Å². The van der Waals surface area contributed by atoms with Crippen LogP contribution in [0.2, 0.25) is 5.02 Å². The molecule has 0 heterocycles. The summed E-state index contributed by atoms with van der Waals surface area (Å²) in [5.41, 5.74) is 2.90. The van der Waals surface area contributed by atoms with E-state index >= 15 is 0 Å². The monoisotopic (exact) mass is 281 g/mol. The van der Waals surface area contributed by atoms with Gasteiger partial charge in [0, 0.05) is 10.7 Å². The van der Waals surface area contributed by atoms with E-state index in [0.29, 0.717) is 11.6 Å². The van der Waals surface area contributed by atoms with Crippen LogP contribution in [0.15, 0.2) is 35.4 Å². The van der Waals surface area contributed by atoms with Crippen LogP contribution in [0.1, 0.15) is 27.7 Å². The van der Waals surface area contributed by atoms with Crippen LogP contribution < -0.4 is 5.32 Å². The van der Waals surface area contributed by atoms with Gasteiger partial charge >= 0.3 is 5.97 Å². The number of hydrogen-bond donors (Lipinski definition) is 1. The lowest BCUT2D eigenvalue weighted by molar-refractivity contribution is -0.143. The Bertz CT molecular complexity index is 462. The number of esters is 1. The molecule has 1 atom stereocenters. The summed E-state index contributed by atoms with van der Waals surface area (Å²) < 4.78 is 5.11. The van der Waals surface area contributed by atoms with Gasteiger partial charge in [0.1, 0.15) is 6.04 Å². The smallest absolute Gasteiger partial charge is 0.332 e. The fourth-order valence-corrected chi connectivity index (χ4v) is 1.70. The predicted octanol–water partition coefficient (Wildman–Crippen LogP) is 4.04. The van der Waals surface area contributed by atoms with E-state index in [1.165, 1.54) is 0 Å². The maximum atomic E-state index is 12.0. The van der Waals surface area contributed by atoms with Gasteiger partial charge in [-0.25, -0.2) is 4.79 Å². The van der Waals surface area contributed by atoms with Crippen molar-refractivity contribution in [3.8, 4) is 0 Å². The Morgan fingerprint density at radius 1 is 1.26 bits per heavy atom. The molecular weight excluding hydrogens is 262 g/mol. The largest absolute Gasteiger partial charge is 0.464 e. The third-order valence-corrected chi connectivity index (χ3v) is 3.15. The van der Waals surface area contributed by atoms with Crippen LogP contribution >= 0.6 is 11.6 Å². The molecule has 0 saturated carbocycles. The number of carbonyl (C=O) groups is 1. The van der Waals surface area contributed by atoms with Crippen LogP contribution in [0.5, 0.6) is 0 Å². The number of ether oxygens (including phenoxy) is 1. The van der Waals surface area contributed by atoms with Crippen LogP contribution in [-0.4, -0.2) is 18.6 Å². The number of benzene rings is 1. The molecule has 1 aromatic carbocycles. The highest BCUT2D eigenvalue weighted by Crippen LogP contribution is 2.18. The van der Waals surface area contributed by atoms with Crippen LogP contribution in [0, 0.1) is 0 Å². The van der Waals surface area contributed by atoms with Crippen molar-refractivity contribution in [3.05, 3.63) is 40.4 Å². The minimum atomic E-state index is -0.467. The number of rotatable bonds is 5. The Morgan fingerprint density at radius 3 is 2.32 bits per heavy atom. The Balaban J connectivity index is 2.94.